The van der Waals surface area contributed by atoms with Gasteiger partial charge < -0.3 is 5.32 Å². The van der Waals surface area contributed by atoms with Crippen molar-refractivity contribution in [3.05, 3.63) is 28.2 Å². The smallest absolute Gasteiger partial charge is 0.242 e. The Morgan fingerprint density at radius 3 is 2.37 bits per heavy atom. The van der Waals surface area contributed by atoms with Crippen LogP contribution in [0.3, 0.4) is 0 Å². The Kier molecular flexibility index (Phi) is 4.50. The molecule has 0 atom stereocenters. The molecule has 1 aromatic rings. The largest absolute Gasteiger partial charge is 0.325 e. The fourth-order valence-electron chi connectivity index (χ4n) is 1.68. The minimum Gasteiger partial charge on any atom is -0.325 e. The number of nitrogens with one attached hydrogen (secondary N) is 1. The maximum Gasteiger partial charge on any atom is 0.242 e. The molecular formula is C12H9Cl2NO3S. The van der Waals surface area contributed by atoms with Crippen LogP contribution in [0.5, 0.6) is 0 Å². The zero-order valence-corrected chi connectivity index (χ0v) is 11.9. The average molecular weight is 318 g/mol. The second kappa shape index (κ2) is 5.94. The van der Waals surface area contributed by atoms with E-state index in [2.05, 4.69) is 5.32 Å². The van der Waals surface area contributed by atoms with E-state index in [1.807, 2.05) is 0 Å². The molecule has 0 saturated carbocycles. The third-order valence-electron chi connectivity index (χ3n) is 2.58. The summed E-state index contributed by atoms with van der Waals surface area (Å²) >= 11 is 12.8. The molecule has 0 bridgehead atoms. The number of carbonyl (C=O) groups excluding carboxylic acids is 3. The maximum atomic E-state index is 11.9. The molecule has 1 fully saturated rings. The zero-order valence-electron chi connectivity index (χ0n) is 9.61. The topological polar surface area (TPSA) is 63.2 Å². The summed E-state index contributed by atoms with van der Waals surface area (Å²) in [6, 6.07) is 4.55. The van der Waals surface area contributed by atoms with E-state index < -0.39 is 11.8 Å². The summed E-state index contributed by atoms with van der Waals surface area (Å²) in [5.41, 5.74) is 0.401. The highest BCUT2D eigenvalue weighted by atomic mass is 35.5. The predicted molar refractivity (Wildman–Crippen MR) is 75.9 cm³/mol. The van der Waals surface area contributed by atoms with Crippen molar-refractivity contribution < 1.29 is 14.4 Å². The molecule has 1 saturated heterocycles. The van der Waals surface area contributed by atoms with Gasteiger partial charge in [-0.1, -0.05) is 23.2 Å². The molecule has 2 rings (SSSR count). The molecule has 1 heterocycles. The lowest BCUT2D eigenvalue weighted by atomic mass is 9.99. The molecule has 4 nitrogen and oxygen atoms in total. The van der Waals surface area contributed by atoms with E-state index in [0.717, 1.165) is 0 Å². The van der Waals surface area contributed by atoms with Crippen molar-refractivity contribution >= 4 is 58.1 Å². The summed E-state index contributed by atoms with van der Waals surface area (Å²) in [4.78, 5) is 35.2. The van der Waals surface area contributed by atoms with Gasteiger partial charge in [0.15, 0.2) is 17.5 Å². The van der Waals surface area contributed by atoms with Crippen LogP contribution in [0.4, 0.5) is 5.69 Å². The minimum atomic E-state index is -1.21. The third-order valence-corrected chi connectivity index (χ3v) is 4.30. The Morgan fingerprint density at radius 2 is 1.79 bits per heavy atom. The molecule has 0 radical (unpaired) electrons. The van der Waals surface area contributed by atoms with Gasteiger partial charge in [0, 0.05) is 5.69 Å². The third kappa shape index (κ3) is 3.29. The number of Topliss-reactive ketones (excluding diaryl/α,β-unsaturated/α-hetero) is 2. The molecule has 1 aromatic carbocycles. The van der Waals surface area contributed by atoms with Gasteiger partial charge in [0.1, 0.15) is 0 Å². The van der Waals surface area contributed by atoms with Crippen LogP contribution >= 0.6 is 35.0 Å². The molecule has 0 aliphatic carbocycles. The number of thioether (sulfide) groups is 1. The highest BCUT2D eigenvalue weighted by Crippen LogP contribution is 2.26. The summed E-state index contributed by atoms with van der Waals surface area (Å²) in [6.07, 6.45) is 0. The Labute approximate surface area is 123 Å². The van der Waals surface area contributed by atoms with Crippen molar-refractivity contribution in [3.63, 3.8) is 0 Å². The number of anilines is 1. The highest BCUT2D eigenvalue weighted by Gasteiger charge is 2.36. The zero-order chi connectivity index (χ0) is 14.0. The molecular weight excluding hydrogens is 309 g/mol. The van der Waals surface area contributed by atoms with Crippen molar-refractivity contribution in [1.82, 2.24) is 0 Å². The van der Waals surface area contributed by atoms with E-state index in [0.29, 0.717) is 10.7 Å². The first-order chi connectivity index (χ1) is 8.99. The Balaban J connectivity index is 2.13. The van der Waals surface area contributed by atoms with Crippen LogP contribution in [0, 0.1) is 5.92 Å². The fourth-order valence-corrected chi connectivity index (χ4v) is 2.82. The van der Waals surface area contributed by atoms with Crippen molar-refractivity contribution in [2.45, 2.75) is 0 Å². The van der Waals surface area contributed by atoms with E-state index >= 15 is 0 Å². The van der Waals surface area contributed by atoms with Crippen LogP contribution in [0.25, 0.3) is 0 Å². The predicted octanol–water partition coefficient (Wildman–Crippen LogP) is 2.43. The average Bonchev–Trinajstić information content (AvgIpc) is 2.33. The number of benzene rings is 1. The van der Waals surface area contributed by atoms with Crippen LogP contribution < -0.4 is 5.32 Å². The second-order valence-electron chi connectivity index (χ2n) is 3.98. The molecule has 1 aliphatic rings. The summed E-state index contributed by atoms with van der Waals surface area (Å²) < 4.78 is 0. The SMILES string of the molecule is O=C1CSCC(=O)C1C(=O)Nc1ccc(Cl)c(Cl)c1. The molecule has 7 heteroatoms. The first-order valence-electron chi connectivity index (χ1n) is 5.38. The molecule has 0 unspecified atom stereocenters. The molecule has 100 valence electrons. The number of hydrogen-bond acceptors (Lipinski definition) is 4. The lowest BCUT2D eigenvalue weighted by Gasteiger charge is -2.18. The summed E-state index contributed by atoms with van der Waals surface area (Å²) in [5.74, 6) is -2.18. The second-order valence-corrected chi connectivity index (χ2v) is 5.78. The van der Waals surface area contributed by atoms with Crippen LogP contribution in [0.15, 0.2) is 18.2 Å². The van der Waals surface area contributed by atoms with Crippen molar-refractivity contribution in [2.75, 3.05) is 16.8 Å². The van der Waals surface area contributed by atoms with Crippen molar-refractivity contribution in [1.29, 1.82) is 0 Å². The molecule has 1 aliphatic heterocycles. The first kappa shape index (κ1) is 14.4. The maximum absolute atomic E-state index is 11.9. The molecule has 0 spiro atoms. The van der Waals surface area contributed by atoms with E-state index in [1.165, 1.54) is 23.9 Å². The first-order valence-corrected chi connectivity index (χ1v) is 7.29. The van der Waals surface area contributed by atoms with Gasteiger partial charge in [-0.2, -0.15) is 0 Å². The van der Waals surface area contributed by atoms with Crippen LogP contribution in [0.2, 0.25) is 10.0 Å². The van der Waals surface area contributed by atoms with Gasteiger partial charge in [-0.15, -0.1) is 11.8 Å². The minimum absolute atomic E-state index is 0.186. The Bertz CT molecular complexity index is 546. The quantitative estimate of drug-likeness (QED) is 0.851. The van der Waals surface area contributed by atoms with Crippen LogP contribution in [-0.4, -0.2) is 29.0 Å². The Morgan fingerprint density at radius 1 is 1.16 bits per heavy atom. The number of amides is 1. The standard InChI is InChI=1S/C12H9Cl2NO3S/c13-7-2-1-6(3-8(7)14)15-12(18)11-9(16)4-19-5-10(11)17/h1-3,11H,4-5H2,(H,15,18). The number of ketones is 2. The van der Waals surface area contributed by atoms with E-state index in [4.69, 9.17) is 23.2 Å². The summed E-state index contributed by atoms with van der Waals surface area (Å²) in [6.45, 7) is 0. The normalized spacial score (nSPS) is 16.5. The van der Waals surface area contributed by atoms with Gasteiger partial charge >= 0.3 is 0 Å². The van der Waals surface area contributed by atoms with Crippen LogP contribution in [0.1, 0.15) is 0 Å². The van der Waals surface area contributed by atoms with Gasteiger partial charge in [0.2, 0.25) is 5.91 Å². The van der Waals surface area contributed by atoms with Gasteiger partial charge in [-0.25, -0.2) is 0 Å². The fraction of sp³-hybridized carbons (Fsp3) is 0.250. The monoisotopic (exact) mass is 317 g/mol. The van der Waals surface area contributed by atoms with Gasteiger partial charge in [-0.3, -0.25) is 14.4 Å². The van der Waals surface area contributed by atoms with Gasteiger partial charge in [0.25, 0.3) is 0 Å². The van der Waals surface area contributed by atoms with Gasteiger partial charge in [0.05, 0.1) is 21.6 Å². The van der Waals surface area contributed by atoms with Crippen molar-refractivity contribution in [3.8, 4) is 0 Å². The summed E-state index contributed by atoms with van der Waals surface area (Å²) in [5, 5.41) is 3.16. The number of halogens is 2. The number of hydrogen-bond donors (Lipinski definition) is 1. The Hall–Kier alpha value is -1.04. The number of carbonyl (C=O) groups is 3. The molecule has 1 amide bonds. The van der Waals surface area contributed by atoms with E-state index in [1.54, 1.807) is 6.07 Å². The van der Waals surface area contributed by atoms with E-state index in [9.17, 15) is 14.4 Å². The lowest BCUT2D eigenvalue weighted by molar-refractivity contribution is -0.137. The van der Waals surface area contributed by atoms with Crippen molar-refractivity contribution in [2.24, 2.45) is 5.92 Å². The molecule has 19 heavy (non-hydrogen) atoms. The van der Waals surface area contributed by atoms with Crippen LogP contribution in [-0.2, 0) is 14.4 Å². The van der Waals surface area contributed by atoms with Gasteiger partial charge in [-0.05, 0) is 18.2 Å². The summed E-state index contributed by atoms with van der Waals surface area (Å²) in [7, 11) is 0. The lowest BCUT2D eigenvalue weighted by Crippen LogP contribution is -2.41. The molecule has 0 aromatic heterocycles. The highest BCUT2D eigenvalue weighted by molar-refractivity contribution is 8.00. The number of rotatable bonds is 2. The van der Waals surface area contributed by atoms with E-state index in [-0.39, 0.29) is 28.1 Å². The molecule has 1 N–H and O–H groups in total.